The zero-order valence-corrected chi connectivity index (χ0v) is 18.9. The number of hydrogen-bond donors (Lipinski definition) is 2. The van der Waals surface area contributed by atoms with Crippen molar-refractivity contribution in [2.24, 2.45) is 0 Å². The second kappa shape index (κ2) is 8.64. The first-order valence-electron chi connectivity index (χ1n) is 8.86. The van der Waals surface area contributed by atoms with E-state index in [1.165, 1.54) is 36.4 Å². The van der Waals surface area contributed by atoms with Gasteiger partial charge in [0.2, 0.25) is 0 Å². The number of phenols is 1. The number of ketones is 1. The van der Waals surface area contributed by atoms with Crippen LogP contribution in [0, 0.1) is 5.82 Å². The molecule has 0 amide bonds. The van der Waals surface area contributed by atoms with Gasteiger partial charge in [0.15, 0.2) is 11.5 Å². The molecule has 3 aromatic carbocycles. The molecule has 0 aliphatic heterocycles. The van der Waals surface area contributed by atoms with Gasteiger partial charge in [-0.15, -0.1) is 0 Å². The second-order valence-corrected chi connectivity index (χ2v) is 8.11. The molecular formula is C22H11Br2FO7. The molecule has 0 fully saturated rings. The highest BCUT2D eigenvalue weighted by Gasteiger charge is 2.20. The molecule has 0 atom stereocenters. The maximum Gasteiger partial charge on any atom is 0.513 e. The van der Waals surface area contributed by atoms with Crippen LogP contribution in [0.4, 0.5) is 9.18 Å². The van der Waals surface area contributed by atoms with Gasteiger partial charge in [-0.25, -0.2) is 9.18 Å². The molecule has 0 saturated carbocycles. The smallest absolute Gasteiger partial charge is 0.507 e. The molecule has 32 heavy (non-hydrogen) atoms. The van der Waals surface area contributed by atoms with E-state index in [-0.39, 0.29) is 28.6 Å². The third-order valence-corrected chi connectivity index (χ3v) is 5.75. The highest BCUT2D eigenvalue weighted by Crippen LogP contribution is 2.44. The molecule has 7 nitrogen and oxygen atoms in total. The molecule has 0 spiro atoms. The highest BCUT2D eigenvalue weighted by atomic mass is 79.9. The van der Waals surface area contributed by atoms with Gasteiger partial charge < -0.3 is 24.1 Å². The van der Waals surface area contributed by atoms with E-state index in [0.717, 1.165) is 12.1 Å². The highest BCUT2D eigenvalue weighted by molar-refractivity contribution is 9.11. The first-order chi connectivity index (χ1) is 15.2. The van der Waals surface area contributed by atoms with Crippen molar-refractivity contribution < 1.29 is 38.1 Å². The zero-order chi connectivity index (χ0) is 23.0. The number of benzene rings is 3. The lowest BCUT2D eigenvalue weighted by Gasteiger charge is -2.12. The van der Waals surface area contributed by atoms with E-state index in [1.807, 2.05) is 0 Å². The lowest BCUT2D eigenvalue weighted by atomic mass is 10.0. The number of halogens is 3. The summed E-state index contributed by atoms with van der Waals surface area (Å²) >= 11 is 6.77. The van der Waals surface area contributed by atoms with Crippen LogP contribution in [0.3, 0.4) is 0 Å². The predicted octanol–water partition coefficient (Wildman–Crippen LogP) is 6.88. The molecule has 162 valence electrons. The standard InChI is InChI=1S/C22H11Br2FO7/c23-15-9-17-14(8-18(31-17)32-22(28)29)19(24)21(15)30-12-5-6-16(26)13(7-12)20(27)10-1-3-11(25)4-2-10/h1-9,26H,(H,28,29). The van der Waals surface area contributed by atoms with E-state index in [2.05, 4.69) is 36.6 Å². The van der Waals surface area contributed by atoms with E-state index < -0.39 is 17.8 Å². The predicted molar refractivity (Wildman–Crippen MR) is 118 cm³/mol. The number of ether oxygens (including phenoxy) is 2. The number of fused-ring (bicyclic) bond motifs is 1. The largest absolute Gasteiger partial charge is 0.513 e. The van der Waals surface area contributed by atoms with Crippen LogP contribution >= 0.6 is 31.9 Å². The second-order valence-electron chi connectivity index (χ2n) is 6.46. The number of phenolic OH excluding ortho intramolecular Hbond substituents is 1. The Morgan fingerprint density at radius 2 is 1.72 bits per heavy atom. The Morgan fingerprint density at radius 3 is 2.41 bits per heavy atom. The Balaban J connectivity index is 1.69. The van der Waals surface area contributed by atoms with Gasteiger partial charge in [0, 0.05) is 17.0 Å². The lowest BCUT2D eigenvalue weighted by molar-refractivity contribution is 0.103. The fraction of sp³-hybridized carbons (Fsp3) is 0. The van der Waals surface area contributed by atoms with Gasteiger partial charge in [0.1, 0.15) is 22.9 Å². The maximum atomic E-state index is 13.2. The molecule has 0 saturated heterocycles. The third kappa shape index (κ3) is 4.32. The number of carboxylic acid groups (broad SMARTS) is 1. The Bertz CT molecular complexity index is 1360. The van der Waals surface area contributed by atoms with Gasteiger partial charge in [0.25, 0.3) is 5.95 Å². The number of carbonyl (C=O) groups excluding carboxylic acids is 1. The van der Waals surface area contributed by atoms with Crippen LogP contribution in [0.1, 0.15) is 15.9 Å². The first-order valence-corrected chi connectivity index (χ1v) is 10.4. The van der Waals surface area contributed by atoms with Crippen molar-refractivity contribution in [3.05, 3.63) is 80.5 Å². The van der Waals surface area contributed by atoms with E-state index in [9.17, 15) is 19.1 Å². The SMILES string of the molecule is O=C(O)Oc1cc2c(Br)c(Oc3ccc(O)c(C(=O)c4ccc(F)cc4)c3)c(Br)cc2o1. The van der Waals surface area contributed by atoms with Crippen molar-refractivity contribution in [2.75, 3.05) is 0 Å². The molecule has 0 unspecified atom stereocenters. The molecule has 0 aliphatic rings. The van der Waals surface area contributed by atoms with Gasteiger partial charge >= 0.3 is 6.16 Å². The fourth-order valence-electron chi connectivity index (χ4n) is 2.93. The van der Waals surface area contributed by atoms with Crippen molar-refractivity contribution >= 4 is 54.8 Å². The molecule has 1 aromatic heterocycles. The monoisotopic (exact) mass is 564 g/mol. The minimum absolute atomic E-state index is 0.0251. The number of furan rings is 1. The minimum Gasteiger partial charge on any atom is -0.507 e. The van der Waals surface area contributed by atoms with E-state index >= 15 is 0 Å². The molecule has 0 radical (unpaired) electrons. The minimum atomic E-state index is -1.52. The number of carbonyl (C=O) groups is 2. The van der Waals surface area contributed by atoms with Gasteiger partial charge in [-0.2, -0.15) is 0 Å². The summed E-state index contributed by atoms with van der Waals surface area (Å²) in [6.45, 7) is 0. The summed E-state index contributed by atoms with van der Waals surface area (Å²) in [5, 5.41) is 19.4. The Labute approximate surface area is 196 Å². The molecule has 0 aliphatic carbocycles. The maximum absolute atomic E-state index is 13.2. The summed E-state index contributed by atoms with van der Waals surface area (Å²) in [6, 6.07) is 12.0. The van der Waals surface area contributed by atoms with Gasteiger partial charge in [-0.05, 0) is 80.4 Å². The van der Waals surface area contributed by atoms with Crippen LogP contribution in [0.25, 0.3) is 11.0 Å². The molecule has 4 rings (SSSR count). The third-order valence-electron chi connectivity index (χ3n) is 4.38. The van der Waals surface area contributed by atoms with Crippen LogP contribution in [0.5, 0.6) is 23.2 Å². The van der Waals surface area contributed by atoms with Crippen LogP contribution in [-0.4, -0.2) is 22.2 Å². The quantitative estimate of drug-likeness (QED) is 0.200. The zero-order valence-electron chi connectivity index (χ0n) is 15.8. The molecule has 0 bridgehead atoms. The molecular weight excluding hydrogens is 555 g/mol. The summed E-state index contributed by atoms with van der Waals surface area (Å²) < 4.78 is 29.9. The van der Waals surface area contributed by atoms with Crippen LogP contribution < -0.4 is 9.47 Å². The topological polar surface area (TPSA) is 106 Å². The molecule has 2 N–H and O–H groups in total. The average molecular weight is 566 g/mol. The Hall–Kier alpha value is -3.37. The summed E-state index contributed by atoms with van der Waals surface area (Å²) in [5.41, 5.74) is 0.514. The molecule has 10 heteroatoms. The number of rotatable bonds is 5. The average Bonchev–Trinajstić information content (AvgIpc) is 3.14. The summed E-state index contributed by atoms with van der Waals surface area (Å²) in [5.74, 6) is -0.916. The number of aromatic hydroxyl groups is 1. The van der Waals surface area contributed by atoms with Gasteiger partial charge in [0.05, 0.1) is 14.5 Å². The number of hydrogen-bond acceptors (Lipinski definition) is 6. The Kier molecular flexibility index (Phi) is 5.90. The Morgan fingerprint density at radius 1 is 1.00 bits per heavy atom. The summed E-state index contributed by atoms with van der Waals surface area (Å²) in [6.07, 6.45) is -1.52. The fourth-order valence-corrected chi connectivity index (χ4v) is 4.29. The lowest BCUT2D eigenvalue weighted by Crippen LogP contribution is -2.02. The van der Waals surface area contributed by atoms with Gasteiger partial charge in [-0.1, -0.05) is 0 Å². The van der Waals surface area contributed by atoms with Crippen LogP contribution in [-0.2, 0) is 0 Å². The van der Waals surface area contributed by atoms with E-state index in [1.54, 1.807) is 6.07 Å². The van der Waals surface area contributed by atoms with Crippen LogP contribution in [0.2, 0.25) is 0 Å². The summed E-state index contributed by atoms with van der Waals surface area (Å²) in [7, 11) is 0. The van der Waals surface area contributed by atoms with Gasteiger partial charge in [-0.3, -0.25) is 4.79 Å². The van der Waals surface area contributed by atoms with Crippen molar-refractivity contribution in [1.29, 1.82) is 0 Å². The first kappa shape index (κ1) is 21.8. The van der Waals surface area contributed by atoms with Crippen molar-refractivity contribution in [1.82, 2.24) is 0 Å². The normalized spacial score (nSPS) is 10.8. The van der Waals surface area contributed by atoms with Crippen LogP contribution in [0.15, 0.2) is 68.0 Å². The van der Waals surface area contributed by atoms with Crippen molar-refractivity contribution in [2.45, 2.75) is 0 Å². The van der Waals surface area contributed by atoms with E-state index in [4.69, 9.17) is 14.3 Å². The van der Waals surface area contributed by atoms with Crippen molar-refractivity contribution in [3.8, 4) is 23.2 Å². The summed E-state index contributed by atoms with van der Waals surface area (Å²) in [4.78, 5) is 23.5. The molecule has 1 heterocycles. The molecule has 4 aromatic rings. The van der Waals surface area contributed by atoms with Crippen molar-refractivity contribution in [3.63, 3.8) is 0 Å². The van der Waals surface area contributed by atoms with E-state index in [0.29, 0.717) is 25.7 Å².